The third-order valence-electron chi connectivity index (χ3n) is 4.79. The molecule has 1 aromatic heterocycles. The second-order valence-electron chi connectivity index (χ2n) is 6.65. The van der Waals surface area contributed by atoms with Crippen molar-refractivity contribution < 1.29 is 4.79 Å². The number of hydrogen-bond acceptors (Lipinski definition) is 4. The summed E-state index contributed by atoms with van der Waals surface area (Å²) in [6, 6.07) is 18.1. The molecular formula is C21H22N4O. The molecule has 1 aliphatic rings. The van der Waals surface area contributed by atoms with Crippen LogP contribution in [0.4, 0.5) is 0 Å². The van der Waals surface area contributed by atoms with Crippen molar-refractivity contribution in [2.24, 2.45) is 0 Å². The lowest BCUT2D eigenvalue weighted by atomic mass is 10.2. The number of aromatic nitrogens is 2. The van der Waals surface area contributed by atoms with Crippen LogP contribution in [0.2, 0.25) is 0 Å². The minimum atomic E-state index is -0.0233. The molecule has 2 aromatic carbocycles. The van der Waals surface area contributed by atoms with Gasteiger partial charge < -0.3 is 4.90 Å². The van der Waals surface area contributed by atoms with Crippen molar-refractivity contribution in [3.63, 3.8) is 0 Å². The largest absolute Gasteiger partial charge is 0.336 e. The highest BCUT2D eigenvalue weighted by Crippen LogP contribution is 2.13. The number of amides is 1. The van der Waals surface area contributed by atoms with Gasteiger partial charge in [0.25, 0.3) is 5.91 Å². The maximum absolute atomic E-state index is 12.9. The van der Waals surface area contributed by atoms with Crippen LogP contribution in [0.15, 0.2) is 60.8 Å². The van der Waals surface area contributed by atoms with Gasteiger partial charge >= 0.3 is 0 Å². The Morgan fingerprint density at radius 2 is 1.65 bits per heavy atom. The van der Waals surface area contributed by atoms with Gasteiger partial charge in [-0.2, -0.15) is 0 Å². The second kappa shape index (κ2) is 7.62. The van der Waals surface area contributed by atoms with Crippen LogP contribution >= 0.6 is 0 Å². The Balaban J connectivity index is 1.43. The van der Waals surface area contributed by atoms with E-state index < -0.39 is 0 Å². The molecule has 0 N–H and O–H groups in total. The van der Waals surface area contributed by atoms with E-state index in [4.69, 9.17) is 0 Å². The number of nitrogens with zero attached hydrogens (tertiary/aromatic N) is 4. The standard InChI is InChI=1S/C21H22N4O/c26-21(20-15-22-18-9-4-5-10-19(18)23-20)25-12-6-11-24(13-14-25)16-17-7-2-1-3-8-17/h1-5,7-10,15H,6,11-14,16H2. The van der Waals surface area contributed by atoms with Crippen molar-refractivity contribution in [2.45, 2.75) is 13.0 Å². The topological polar surface area (TPSA) is 49.3 Å². The smallest absolute Gasteiger partial charge is 0.274 e. The lowest BCUT2D eigenvalue weighted by molar-refractivity contribution is 0.0755. The maximum Gasteiger partial charge on any atom is 0.274 e. The average Bonchev–Trinajstić information content (AvgIpc) is 2.93. The third kappa shape index (κ3) is 3.73. The van der Waals surface area contributed by atoms with Crippen molar-refractivity contribution >= 4 is 16.9 Å². The highest BCUT2D eigenvalue weighted by Gasteiger charge is 2.21. The Kier molecular flexibility index (Phi) is 4.88. The van der Waals surface area contributed by atoms with Crippen LogP contribution in [-0.2, 0) is 6.54 Å². The van der Waals surface area contributed by atoms with Crippen LogP contribution in [-0.4, -0.2) is 51.9 Å². The summed E-state index contributed by atoms with van der Waals surface area (Å²) in [5, 5.41) is 0. The molecule has 1 aliphatic heterocycles. The zero-order valence-corrected chi connectivity index (χ0v) is 14.7. The Labute approximate surface area is 153 Å². The van der Waals surface area contributed by atoms with E-state index in [1.807, 2.05) is 35.2 Å². The predicted molar refractivity (Wildman–Crippen MR) is 102 cm³/mol. The van der Waals surface area contributed by atoms with E-state index in [0.717, 1.165) is 50.2 Å². The van der Waals surface area contributed by atoms with Crippen molar-refractivity contribution in [3.8, 4) is 0 Å². The molecule has 1 fully saturated rings. The first-order valence-corrected chi connectivity index (χ1v) is 9.07. The molecule has 5 heteroatoms. The van der Waals surface area contributed by atoms with Gasteiger partial charge in [-0.15, -0.1) is 0 Å². The predicted octanol–water partition coefficient (Wildman–Crippen LogP) is 2.98. The number of para-hydroxylation sites is 2. The molecule has 2 heterocycles. The number of carbonyl (C=O) groups is 1. The van der Waals surface area contributed by atoms with Gasteiger partial charge in [0, 0.05) is 32.7 Å². The second-order valence-corrected chi connectivity index (χ2v) is 6.65. The van der Waals surface area contributed by atoms with Crippen molar-refractivity contribution in [2.75, 3.05) is 26.2 Å². The van der Waals surface area contributed by atoms with Crippen molar-refractivity contribution in [1.29, 1.82) is 0 Å². The Morgan fingerprint density at radius 1 is 0.885 bits per heavy atom. The van der Waals surface area contributed by atoms with E-state index in [-0.39, 0.29) is 5.91 Å². The summed E-state index contributed by atoms with van der Waals surface area (Å²) in [4.78, 5) is 26.1. The molecule has 3 aromatic rings. The summed E-state index contributed by atoms with van der Waals surface area (Å²) in [6.45, 7) is 4.29. The van der Waals surface area contributed by atoms with E-state index in [0.29, 0.717) is 5.69 Å². The zero-order valence-electron chi connectivity index (χ0n) is 14.7. The third-order valence-corrected chi connectivity index (χ3v) is 4.79. The minimum Gasteiger partial charge on any atom is -0.336 e. The van der Waals surface area contributed by atoms with E-state index in [2.05, 4.69) is 39.1 Å². The molecule has 0 radical (unpaired) electrons. The lowest BCUT2D eigenvalue weighted by Crippen LogP contribution is -2.35. The monoisotopic (exact) mass is 346 g/mol. The van der Waals surface area contributed by atoms with Gasteiger partial charge in [0.05, 0.1) is 17.2 Å². The summed E-state index contributed by atoms with van der Waals surface area (Å²) < 4.78 is 0. The number of hydrogen-bond donors (Lipinski definition) is 0. The molecule has 0 aliphatic carbocycles. The van der Waals surface area contributed by atoms with Gasteiger partial charge in [0.15, 0.2) is 0 Å². The molecule has 132 valence electrons. The molecule has 1 amide bonds. The Bertz CT molecular complexity index is 897. The summed E-state index contributed by atoms with van der Waals surface area (Å²) in [5.41, 5.74) is 3.32. The van der Waals surface area contributed by atoms with Crippen molar-refractivity contribution in [1.82, 2.24) is 19.8 Å². The van der Waals surface area contributed by atoms with Crippen LogP contribution in [0.5, 0.6) is 0 Å². The van der Waals surface area contributed by atoms with E-state index in [1.165, 1.54) is 5.56 Å². The van der Waals surface area contributed by atoms with E-state index in [1.54, 1.807) is 6.20 Å². The van der Waals surface area contributed by atoms with Gasteiger partial charge in [0.1, 0.15) is 5.69 Å². The highest BCUT2D eigenvalue weighted by atomic mass is 16.2. The van der Waals surface area contributed by atoms with Crippen LogP contribution in [0.1, 0.15) is 22.5 Å². The normalized spacial score (nSPS) is 15.8. The lowest BCUT2D eigenvalue weighted by Gasteiger charge is -2.21. The first-order valence-electron chi connectivity index (χ1n) is 9.07. The summed E-state index contributed by atoms with van der Waals surface area (Å²) in [6.07, 6.45) is 2.57. The zero-order chi connectivity index (χ0) is 17.8. The summed E-state index contributed by atoms with van der Waals surface area (Å²) >= 11 is 0. The van der Waals surface area contributed by atoms with Gasteiger partial charge in [-0.1, -0.05) is 42.5 Å². The van der Waals surface area contributed by atoms with Crippen LogP contribution in [0.3, 0.4) is 0 Å². The minimum absolute atomic E-state index is 0.0233. The maximum atomic E-state index is 12.9. The molecule has 4 rings (SSSR count). The fourth-order valence-corrected chi connectivity index (χ4v) is 3.40. The van der Waals surface area contributed by atoms with Crippen LogP contribution < -0.4 is 0 Å². The number of rotatable bonds is 3. The van der Waals surface area contributed by atoms with Crippen LogP contribution in [0.25, 0.3) is 11.0 Å². The molecule has 0 unspecified atom stereocenters. The first-order chi connectivity index (χ1) is 12.8. The average molecular weight is 346 g/mol. The van der Waals surface area contributed by atoms with Crippen LogP contribution in [0, 0.1) is 0 Å². The Hall–Kier alpha value is -2.79. The molecule has 26 heavy (non-hydrogen) atoms. The van der Waals surface area contributed by atoms with E-state index >= 15 is 0 Å². The fraction of sp³-hybridized carbons (Fsp3) is 0.286. The molecule has 0 bridgehead atoms. The summed E-state index contributed by atoms with van der Waals surface area (Å²) in [7, 11) is 0. The molecule has 0 spiro atoms. The Morgan fingerprint density at radius 3 is 2.50 bits per heavy atom. The number of fused-ring (bicyclic) bond motifs is 1. The van der Waals surface area contributed by atoms with Gasteiger partial charge in [-0.05, 0) is 24.1 Å². The fourth-order valence-electron chi connectivity index (χ4n) is 3.40. The molecular weight excluding hydrogens is 324 g/mol. The molecule has 5 nitrogen and oxygen atoms in total. The SMILES string of the molecule is O=C(c1cnc2ccccc2n1)N1CCCN(Cc2ccccc2)CC1. The molecule has 1 saturated heterocycles. The molecule has 0 atom stereocenters. The molecule has 0 saturated carbocycles. The van der Waals surface area contributed by atoms with Gasteiger partial charge in [-0.3, -0.25) is 14.7 Å². The quantitative estimate of drug-likeness (QED) is 0.732. The first kappa shape index (κ1) is 16.7. The van der Waals surface area contributed by atoms with Crippen molar-refractivity contribution in [3.05, 3.63) is 72.1 Å². The van der Waals surface area contributed by atoms with Gasteiger partial charge in [-0.25, -0.2) is 4.98 Å². The number of carbonyl (C=O) groups excluding carboxylic acids is 1. The van der Waals surface area contributed by atoms with Gasteiger partial charge in [0.2, 0.25) is 0 Å². The number of benzene rings is 2. The highest BCUT2D eigenvalue weighted by molar-refractivity contribution is 5.93. The summed E-state index contributed by atoms with van der Waals surface area (Å²) in [5.74, 6) is -0.0233. The van der Waals surface area contributed by atoms with E-state index in [9.17, 15) is 4.79 Å².